The van der Waals surface area contributed by atoms with Gasteiger partial charge < -0.3 is 4.74 Å². The number of ether oxygens (including phenoxy) is 1. The fraction of sp³-hybridized carbons (Fsp3) is 0.222. The zero-order chi connectivity index (χ0) is 8.10. The van der Waals surface area contributed by atoms with Crippen molar-refractivity contribution in [2.45, 2.75) is 13.5 Å². The lowest BCUT2D eigenvalue weighted by Crippen LogP contribution is -1.89. The normalized spacial score (nSPS) is 9.18. The van der Waals surface area contributed by atoms with Crippen molar-refractivity contribution in [3.8, 4) is 0 Å². The molecule has 0 aliphatic heterocycles. The van der Waals surface area contributed by atoms with Crippen LogP contribution in [-0.4, -0.2) is 4.98 Å². The van der Waals surface area contributed by atoms with Gasteiger partial charge in [-0.05, 0) is 24.6 Å². The molecule has 0 spiro atoms. The summed E-state index contributed by atoms with van der Waals surface area (Å²) in [7, 11) is 0. The molecule has 0 radical (unpaired) electrons. The predicted octanol–water partition coefficient (Wildman–Crippen LogP) is 2.13. The fourth-order valence-corrected chi connectivity index (χ4v) is 0.686. The molecule has 0 aliphatic rings. The van der Waals surface area contributed by atoms with E-state index in [4.69, 9.17) is 4.74 Å². The van der Waals surface area contributed by atoms with Crippen molar-refractivity contribution in [3.63, 3.8) is 0 Å². The molecule has 2 nitrogen and oxygen atoms in total. The van der Waals surface area contributed by atoms with E-state index in [9.17, 15) is 0 Å². The molecule has 0 unspecified atom stereocenters. The number of pyridine rings is 1. The monoisotopic (exact) mass is 149 g/mol. The molecule has 0 bridgehead atoms. The molecule has 0 saturated carbocycles. The average Bonchev–Trinajstić information content (AvgIpc) is 2.03. The second-order valence-electron chi connectivity index (χ2n) is 2.35. The molecule has 0 aliphatic carbocycles. The number of aromatic nitrogens is 1. The molecule has 1 aromatic rings. The second-order valence-corrected chi connectivity index (χ2v) is 2.35. The Morgan fingerprint density at radius 2 is 2.18 bits per heavy atom. The largest absolute Gasteiger partial charge is 0.494 e. The molecular formula is C9H11NO. The zero-order valence-corrected chi connectivity index (χ0v) is 6.58. The average molecular weight is 149 g/mol. The molecule has 0 N–H and O–H groups in total. The quantitative estimate of drug-likeness (QED) is 0.614. The third-order valence-corrected chi connectivity index (χ3v) is 1.23. The Balaban J connectivity index is 2.45. The van der Waals surface area contributed by atoms with Gasteiger partial charge in [0, 0.05) is 12.4 Å². The molecule has 0 amide bonds. The van der Waals surface area contributed by atoms with Gasteiger partial charge in [0.05, 0.1) is 5.76 Å². The van der Waals surface area contributed by atoms with Crippen molar-refractivity contribution in [2.75, 3.05) is 0 Å². The van der Waals surface area contributed by atoms with Crippen LogP contribution in [0.15, 0.2) is 36.9 Å². The highest BCUT2D eigenvalue weighted by Crippen LogP contribution is 2.01. The third-order valence-electron chi connectivity index (χ3n) is 1.23. The summed E-state index contributed by atoms with van der Waals surface area (Å²) in [5, 5.41) is 0. The Hall–Kier alpha value is -1.31. The summed E-state index contributed by atoms with van der Waals surface area (Å²) in [6.07, 6.45) is 3.49. The lowest BCUT2D eigenvalue weighted by Gasteiger charge is -2.03. The summed E-state index contributed by atoms with van der Waals surface area (Å²) in [5.74, 6) is 0.738. The molecule has 1 aromatic heterocycles. The van der Waals surface area contributed by atoms with Crippen molar-refractivity contribution in [1.82, 2.24) is 4.98 Å². The minimum Gasteiger partial charge on any atom is -0.494 e. The minimum atomic E-state index is 0.581. The summed E-state index contributed by atoms with van der Waals surface area (Å²) in [4.78, 5) is 3.89. The fourth-order valence-electron chi connectivity index (χ4n) is 0.686. The van der Waals surface area contributed by atoms with Gasteiger partial charge in [0.2, 0.25) is 0 Å². The van der Waals surface area contributed by atoms with Gasteiger partial charge >= 0.3 is 0 Å². The molecule has 0 atom stereocenters. The van der Waals surface area contributed by atoms with Gasteiger partial charge in [0.15, 0.2) is 0 Å². The van der Waals surface area contributed by atoms with E-state index < -0.39 is 0 Å². The molecule has 1 rings (SSSR count). The van der Waals surface area contributed by atoms with Crippen LogP contribution in [0.5, 0.6) is 0 Å². The molecule has 1 heterocycles. The first-order valence-electron chi connectivity index (χ1n) is 3.46. The highest BCUT2D eigenvalue weighted by atomic mass is 16.5. The van der Waals surface area contributed by atoms with Crippen LogP contribution in [-0.2, 0) is 11.3 Å². The van der Waals surface area contributed by atoms with Crippen LogP contribution in [0, 0.1) is 0 Å². The lowest BCUT2D eigenvalue weighted by molar-refractivity contribution is 0.202. The van der Waals surface area contributed by atoms with E-state index in [1.165, 1.54) is 0 Å². The van der Waals surface area contributed by atoms with Gasteiger partial charge in [-0.25, -0.2) is 0 Å². The van der Waals surface area contributed by atoms with Crippen LogP contribution < -0.4 is 0 Å². The summed E-state index contributed by atoms with van der Waals surface area (Å²) in [6, 6.07) is 3.84. The van der Waals surface area contributed by atoms with Gasteiger partial charge in [-0.1, -0.05) is 6.58 Å². The first-order chi connectivity index (χ1) is 5.29. The van der Waals surface area contributed by atoms with Crippen molar-refractivity contribution in [1.29, 1.82) is 0 Å². The number of rotatable bonds is 3. The van der Waals surface area contributed by atoms with Crippen molar-refractivity contribution >= 4 is 0 Å². The maximum absolute atomic E-state index is 5.21. The number of nitrogens with zero attached hydrogens (tertiary/aromatic N) is 1. The van der Waals surface area contributed by atoms with Crippen molar-refractivity contribution < 1.29 is 4.74 Å². The first kappa shape index (κ1) is 7.79. The lowest BCUT2D eigenvalue weighted by atomic mass is 10.3. The van der Waals surface area contributed by atoms with Gasteiger partial charge in [-0.3, -0.25) is 4.98 Å². The molecule has 2 heteroatoms. The van der Waals surface area contributed by atoms with Gasteiger partial charge in [-0.2, -0.15) is 0 Å². The summed E-state index contributed by atoms with van der Waals surface area (Å²) in [5.41, 5.74) is 1.11. The first-order valence-corrected chi connectivity index (χ1v) is 3.46. The van der Waals surface area contributed by atoms with E-state index in [1.54, 1.807) is 12.4 Å². The zero-order valence-electron chi connectivity index (χ0n) is 6.58. The second kappa shape index (κ2) is 3.76. The van der Waals surface area contributed by atoms with Crippen LogP contribution in [0.3, 0.4) is 0 Å². The number of hydrogen-bond acceptors (Lipinski definition) is 2. The molecule has 0 fully saturated rings. The van der Waals surface area contributed by atoms with E-state index in [-0.39, 0.29) is 0 Å². The van der Waals surface area contributed by atoms with Gasteiger partial charge in [0.1, 0.15) is 6.61 Å². The Bertz CT molecular complexity index is 231. The molecular weight excluding hydrogens is 138 g/mol. The van der Waals surface area contributed by atoms with E-state index >= 15 is 0 Å². The Morgan fingerprint density at radius 3 is 2.73 bits per heavy atom. The topological polar surface area (TPSA) is 22.1 Å². The number of hydrogen-bond donors (Lipinski definition) is 0. The maximum Gasteiger partial charge on any atom is 0.113 e. The molecule has 0 aromatic carbocycles. The predicted molar refractivity (Wildman–Crippen MR) is 43.8 cm³/mol. The third kappa shape index (κ3) is 2.85. The van der Waals surface area contributed by atoms with Crippen LogP contribution in [0.4, 0.5) is 0 Å². The summed E-state index contributed by atoms with van der Waals surface area (Å²) < 4.78 is 5.21. The van der Waals surface area contributed by atoms with Crippen LogP contribution >= 0.6 is 0 Å². The van der Waals surface area contributed by atoms with Gasteiger partial charge in [-0.15, -0.1) is 0 Å². The maximum atomic E-state index is 5.21. The standard InChI is InChI=1S/C9H11NO/c1-8(2)11-7-9-3-5-10-6-4-9/h3-6H,1,7H2,2H3. The van der Waals surface area contributed by atoms with Gasteiger partial charge in [0.25, 0.3) is 0 Å². The van der Waals surface area contributed by atoms with E-state index in [1.807, 2.05) is 19.1 Å². The SMILES string of the molecule is C=C(C)OCc1ccncc1. The Morgan fingerprint density at radius 1 is 1.55 bits per heavy atom. The number of allylic oxidation sites excluding steroid dienone is 1. The Kier molecular flexibility index (Phi) is 2.66. The van der Waals surface area contributed by atoms with E-state index in [2.05, 4.69) is 11.6 Å². The van der Waals surface area contributed by atoms with Crippen LogP contribution in [0.1, 0.15) is 12.5 Å². The Labute approximate surface area is 66.5 Å². The van der Waals surface area contributed by atoms with Crippen LogP contribution in [0.2, 0.25) is 0 Å². The van der Waals surface area contributed by atoms with E-state index in [0.717, 1.165) is 11.3 Å². The van der Waals surface area contributed by atoms with Crippen molar-refractivity contribution in [3.05, 3.63) is 42.4 Å². The van der Waals surface area contributed by atoms with Crippen molar-refractivity contribution in [2.24, 2.45) is 0 Å². The molecule has 58 valence electrons. The summed E-state index contributed by atoms with van der Waals surface area (Å²) in [6.45, 7) is 6.05. The van der Waals surface area contributed by atoms with E-state index in [0.29, 0.717) is 6.61 Å². The molecule has 11 heavy (non-hydrogen) atoms. The van der Waals surface area contributed by atoms with Crippen LogP contribution in [0.25, 0.3) is 0 Å². The minimum absolute atomic E-state index is 0.581. The highest BCUT2D eigenvalue weighted by molar-refractivity contribution is 5.08. The summed E-state index contributed by atoms with van der Waals surface area (Å²) >= 11 is 0. The smallest absolute Gasteiger partial charge is 0.113 e. The highest BCUT2D eigenvalue weighted by Gasteiger charge is 1.90. The molecule has 0 saturated heterocycles.